The van der Waals surface area contributed by atoms with Crippen molar-refractivity contribution in [2.24, 2.45) is 17.1 Å². The standard InChI is InChI=1S/C15H24N2O4/c1-10-4-5-11(13(16)19)9-17(10)12(18)8-15(14(20)21)6-2-3-7-15/h10-11H,2-9H2,1H3,(H2,16,19)(H,20,21). The molecule has 2 atom stereocenters. The van der Waals surface area contributed by atoms with Gasteiger partial charge in [-0.05, 0) is 32.6 Å². The average Bonchev–Trinajstić information content (AvgIpc) is 2.88. The molecule has 0 spiro atoms. The Kier molecular flexibility index (Phi) is 4.54. The number of piperidine rings is 1. The fourth-order valence-electron chi connectivity index (χ4n) is 3.60. The van der Waals surface area contributed by atoms with Gasteiger partial charge in [0.15, 0.2) is 0 Å². The van der Waals surface area contributed by atoms with Crippen molar-refractivity contribution >= 4 is 17.8 Å². The van der Waals surface area contributed by atoms with Crippen molar-refractivity contribution in [1.82, 2.24) is 4.90 Å². The number of likely N-dealkylation sites (tertiary alicyclic amines) is 1. The summed E-state index contributed by atoms with van der Waals surface area (Å²) >= 11 is 0. The van der Waals surface area contributed by atoms with E-state index in [0.29, 0.717) is 25.8 Å². The first-order chi connectivity index (χ1) is 9.85. The van der Waals surface area contributed by atoms with Crippen LogP contribution >= 0.6 is 0 Å². The summed E-state index contributed by atoms with van der Waals surface area (Å²) < 4.78 is 0. The van der Waals surface area contributed by atoms with E-state index in [9.17, 15) is 19.5 Å². The second kappa shape index (κ2) is 6.03. The summed E-state index contributed by atoms with van der Waals surface area (Å²) in [4.78, 5) is 37.1. The summed E-state index contributed by atoms with van der Waals surface area (Å²) in [5.74, 6) is -1.72. The largest absolute Gasteiger partial charge is 0.481 e. The summed E-state index contributed by atoms with van der Waals surface area (Å²) in [7, 11) is 0. The maximum atomic E-state index is 12.6. The number of primary amides is 1. The predicted molar refractivity (Wildman–Crippen MR) is 76.2 cm³/mol. The third kappa shape index (κ3) is 3.19. The number of rotatable bonds is 4. The highest BCUT2D eigenvalue weighted by Crippen LogP contribution is 2.42. The van der Waals surface area contributed by atoms with E-state index in [2.05, 4.69) is 0 Å². The number of amides is 2. The second-order valence-electron chi connectivity index (χ2n) is 6.54. The van der Waals surface area contributed by atoms with Gasteiger partial charge in [0, 0.05) is 19.0 Å². The summed E-state index contributed by atoms with van der Waals surface area (Å²) in [5.41, 5.74) is 4.44. The van der Waals surface area contributed by atoms with Gasteiger partial charge in [-0.3, -0.25) is 14.4 Å². The first kappa shape index (κ1) is 15.8. The van der Waals surface area contributed by atoms with E-state index >= 15 is 0 Å². The molecule has 2 fully saturated rings. The molecule has 3 N–H and O–H groups in total. The third-order valence-corrected chi connectivity index (χ3v) is 5.11. The van der Waals surface area contributed by atoms with Crippen LogP contribution < -0.4 is 5.73 Å². The molecule has 0 aromatic heterocycles. The molecule has 0 aromatic carbocycles. The van der Waals surface area contributed by atoms with Crippen molar-refractivity contribution in [3.05, 3.63) is 0 Å². The van der Waals surface area contributed by atoms with E-state index in [0.717, 1.165) is 19.3 Å². The van der Waals surface area contributed by atoms with Gasteiger partial charge < -0.3 is 15.7 Å². The summed E-state index contributed by atoms with van der Waals surface area (Å²) in [6, 6.07) is 0.0420. The van der Waals surface area contributed by atoms with Gasteiger partial charge in [-0.2, -0.15) is 0 Å². The quantitative estimate of drug-likeness (QED) is 0.812. The van der Waals surface area contributed by atoms with Crippen LogP contribution in [0.2, 0.25) is 0 Å². The Labute approximate surface area is 124 Å². The summed E-state index contributed by atoms with van der Waals surface area (Å²) in [6.45, 7) is 2.27. The van der Waals surface area contributed by atoms with Gasteiger partial charge in [0.05, 0.1) is 11.3 Å². The lowest BCUT2D eigenvalue weighted by Gasteiger charge is -2.38. The normalized spacial score (nSPS) is 28.3. The van der Waals surface area contributed by atoms with E-state index in [1.165, 1.54) is 0 Å². The van der Waals surface area contributed by atoms with E-state index < -0.39 is 11.4 Å². The van der Waals surface area contributed by atoms with Crippen LogP contribution in [0.25, 0.3) is 0 Å². The molecule has 0 bridgehead atoms. The van der Waals surface area contributed by atoms with Crippen LogP contribution in [0.5, 0.6) is 0 Å². The smallest absolute Gasteiger partial charge is 0.310 e. The summed E-state index contributed by atoms with van der Waals surface area (Å²) in [5, 5.41) is 9.47. The van der Waals surface area contributed by atoms with Gasteiger partial charge >= 0.3 is 5.97 Å². The lowest BCUT2D eigenvalue weighted by Crippen LogP contribution is -2.50. The van der Waals surface area contributed by atoms with E-state index in [-0.39, 0.29) is 30.2 Å². The minimum absolute atomic E-state index is 0.0398. The van der Waals surface area contributed by atoms with Gasteiger partial charge in [-0.1, -0.05) is 12.8 Å². The Balaban J connectivity index is 2.07. The van der Waals surface area contributed by atoms with E-state index in [4.69, 9.17) is 5.73 Å². The highest BCUT2D eigenvalue weighted by atomic mass is 16.4. The van der Waals surface area contributed by atoms with Crippen LogP contribution in [-0.2, 0) is 14.4 Å². The van der Waals surface area contributed by atoms with Crippen molar-refractivity contribution in [2.45, 2.75) is 57.9 Å². The zero-order chi connectivity index (χ0) is 15.6. The number of nitrogens with zero attached hydrogens (tertiary/aromatic N) is 1. The molecule has 1 saturated heterocycles. The van der Waals surface area contributed by atoms with Crippen molar-refractivity contribution < 1.29 is 19.5 Å². The van der Waals surface area contributed by atoms with Crippen LogP contribution in [0.4, 0.5) is 0 Å². The molecule has 21 heavy (non-hydrogen) atoms. The third-order valence-electron chi connectivity index (χ3n) is 5.11. The topological polar surface area (TPSA) is 101 Å². The van der Waals surface area contributed by atoms with E-state index in [1.807, 2.05) is 6.92 Å². The molecule has 1 heterocycles. The second-order valence-corrected chi connectivity index (χ2v) is 6.54. The van der Waals surface area contributed by atoms with E-state index in [1.54, 1.807) is 4.90 Å². The van der Waals surface area contributed by atoms with Gasteiger partial charge in [0.1, 0.15) is 0 Å². The minimum Gasteiger partial charge on any atom is -0.481 e. The number of carbonyl (C=O) groups is 3. The SMILES string of the molecule is CC1CCC(C(N)=O)CN1C(=O)CC1(C(=O)O)CCCC1. The van der Waals surface area contributed by atoms with Crippen molar-refractivity contribution in [1.29, 1.82) is 0 Å². The Hall–Kier alpha value is -1.59. The maximum absolute atomic E-state index is 12.6. The molecular formula is C15H24N2O4. The summed E-state index contributed by atoms with van der Waals surface area (Å²) in [6.07, 6.45) is 4.32. The molecule has 118 valence electrons. The number of carbonyl (C=O) groups excluding carboxylic acids is 2. The first-order valence-electron chi connectivity index (χ1n) is 7.68. The number of hydrogen-bond acceptors (Lipinski definition) is 3. The van der Waals surface area contributed by atoms with Crippen LogP contribution in [0.15, 0.2) is 0 Å². The lowest BCUT2D eigenvalue weighted by molar-refractivity contribution is -0.155. The number of hydrogen-bond donors (Lipinski definition) is 2. The molecule has 2 aliphatic rings. The minimum atomic E-state index is -0.906. The Bertz CT molecular complexity index is 443. The molecular weight excluding hydrogens is 272 g/mol. The van der Waals surface area contributed by atoms with Crippen LogP contribution in [0.3, 0.4) is 0 Å². The molecule has 0 radical (unpaired) electrons. The van der Waals surface area contributed by atoms with Crippen LogP contribution in [-0.4, -0.2) is 40.4 Å². The fourth-order valence-corrected chi connectivity index (χ4v) is 3.60. The van der Waals surface area contributed by atoms with Gasteiger partial charge in [-0.25, -0.2) is 0 Å². The Morgan fingerprint density at radius 3 is 2.38 bits per heavy atom. The number of nitrogens with two attached hydrogens (primary N) is 1. The Morgan fingerprint density at radius 2 is 1.86 bits per heavy atom. The maximum Gasteiger partial charge on any atom is 0.310 e. The average molecular weight is 296 g/mol. The fraction of sp³-hybridized carbons (Fsp3) is 0.800. The van der Waals surface area contributed by atoms with Crippen LogP contribution in [0.1, 0.15) is 51.9 Å². The van der Waals surface area contributed by atoms with Gasteiger partial charge in [0.25, 0.3) is 0 Å². The van der Waals surface area contributed by atoms with Crippen molar-refractivity contribution in [3.63, 3.8) is 0 Å². The number of aliphatic carboxylic acids is 1. The van der Waals surface area contributed by atoms with Gasteiger partial charge in [-0.15, -0.1) is 0 Å². The lowest BCUT2D eigenvalue weighted by atomic mass is 9.81. The molecule has 2 rings (SSSR count). The molecule has 2 amide bonds. The first-order valence-corrected chi connectivity index (χ1v) is 7.68. The zero-order valence-corrected chi connectivity index (χ0v) is 12.5. The molecule has 2 unspecified atom stereocenters. The molecule has 0 aromatic rings. The molecule has 1 aliphatic heterocycles. The van der Waals surface area contributed by atoms with Gasteiger partial charge in [0.2, 0.25) is 11.8 Å². The van der Waals surface area contributed by atoms with Crippen molar-refractivity contribution in [3.8, 4) is 0 Å². The highest BCUT2D eigenvalue weighted by Gasteiger charge is 2.45. The molecule has 6 heteroatoms. The zero-order valence-electron chi connectivity index (χ0n) is 12.5. The molecule has 1 saturated carbocycles. The predicted octanol–water partition coefficient (Wildman–Crippen LogP) is 1.13. The number of carboxylic acids is 1. The monoisotopic (exact) mass is 296 g/mol. The number of carboxylic acid groups (broad SMARTS) is 1. The molecule has 6 nitrogen and oxygen atoms in total. The Morgan fingerprint density at radius 1 is 1.24 bits per heavy atom. The molecule has 1 aliphatic carbocycles. The van der Waals surface area contributed by atoms with Crippen molar-refractivity contribution in [2.75, 3.05) is 6.54 Å². The van der Waals surface area contributed by atoms with Crippen LogP contribution in [0, 0.1) is 11.3 Å². The highest BCUT2D eigenvalue weighted by molar-refractivity contribution is 5.86.